The van der Waals surface area contributed by atoms with Crippen LogP contribution in [0.4, 0.5) is 0 Å². The number of rotatable bonds is 4. The Morgan fingerprint density at radius 2 is 1.62 bits per heavy atom. The highest BCUT2D eigenvalue weighted by atomic mass is 16.5. The van der Waals surface area contributed by atoms with Gasteiger partial charge < -0.3 is 14.1 Å². The summed E-state index contributed by atoms with van der Waals surface area (Å²) in [4.78, 5) is 31.3. The van der Waals surface area contributed by atoms with Gasteiger partial charge in [-0.1, -0.05) is 29.8 Å². The molecule has 3 heterocycles. The van der Waals surface area contributed by atoms with Gasteiger partial charge in [-0.3, -0.25) is 14.5 Å². The van der Waals surface area contributed by atoms with Gasteiger partial charge in [0.15, 0.2) is 5.43 Å². The van der Waals surface area contributed by atoms with Crippen LogP contribution in [0.2, 0.25) is 0 Å². The average molecular weight is 433 g/mol. The second-order valence-electron chi connectivity index (χ2n) is 8.87. The number of hydrogen-bond acceptors (Lipinski definition) is 5. The Morgan fingerprint density at radius 3 is 2.34 bits per heavy atom. The van der Waals surface area contributed by atoms with Gasteiger partial charge in [0.05, 0.1) is 30.2 Å². The molecule has 1 amide bonds. The number of hydrogen-bond donors (Lipinski definition) is 0. The molecule has 0 spiro atoms. The lowest BCUT2D eigenvalue weighted by Crippen LogP contribution is -2.42. The zero-order chi connectivity index (χ0) is 22.4. The van der Waals surface area contributed by atoms with Gasteiger partial charge >= 0.3 is 0 Å². The molecule has 6 nitrogen and oxygen atoms in total. The first-order valence-electron chi connectivity index (χ1n) is 11.2. The fraction of sp³-hybridized carbons (Fsp3) is 0.385. The molecule has 1 fully saturated rings. The minimum absolute atomic E-state index is 0.114. The molecule has 5 rings (SSSR count). The maximum absolute atomic E-state index is 13.7. The van der Waals surface area contributed by atoms with E-state index in [1.54, 1.807) is 4.90 Å². The summed E-state index contributed by atoms with van der Waals surface area (Å²) in [5, 5.41) is 0.534. The van der Waals surface area contributed by atoms with E-state index in [2.05, 4.69) is 4.90 Å². The highest BCUT2D eigenvalue weighted by molar-refractivity contribution is 5.99. The van der Waals surface area contributed by atoms with Crippen molar-refractivity contribution < 1.29 is 13.9 Å². The zero-order valence-electron chi connectivity index (χ0n) is 18.8. The second kappa shape index (κ2) is 8.19. The summed E-state index contributed by atoms with van der Waals surface area (Å²) in [7, 11) is 0. The van der Waals surface area contributed by atoms with Crippen LogP contribution >= 0.6 is 0 Å². The molecule has 2 aliphatic heterocycles. The maximum atomic E-state index is 13.7. The molecule has 166 valence electrons. The minimum Gasteiger partial charge on any atom is -0.450 e. The number of carbonyl (C=O) groups excluding carboxylic acids is 1. The second-order valence-corrected chi connectivity index (χ2v) is 8.87. The molecule has 0 radical (unpaired) electrons. The lowest BCUT2D eigenvalue weighted by molar-refractivity contribution is 0.0314. The van der Waals surface area contributed by atoms with E-state index in [1.807, 2.05) is 57.2 Å². The van der Waals surface area contributed by atoms with Gasteiger partial charge in [-0.05, 0) is 49.6 Å². The standard InChI is InChI=1S/C26H28N2O4/c1-16-4-6-19(7-5-16)23-22-24(29)20-14-17(2)18(3)15-21(20)32-25(22)26(30)28(23)9-8-27-10-12-31-13-11-27/h4-7,14-15,23H,8-13H2,1-3H3/t23-/m1/s1. The van der Waals surface area contributed by atoms with E-state index in [0.717, 1.165) is 41.9 Å². The highest BCUT2D eigenvalue weighted by Crippen LogP contribution is 2.38. The third kappa shape index (κ3) is 3.53. The van der Waals surface area contributed by atoms with E-state index >= 15 is 0 Å². The SMILES string of the molecule is Cc1ccc([C@@H]2c3c(oc4cc(C)c(C)cc4c3=O)C(=O)N2CCN2CCOCC2)cc1. The normalized spacial score (nSPS) is 19.0. The molecule has 0 N–H and O–H groups in total. The molecule has 1 aromatic heterocycles. The summed E-state index contributed by atoms with van der Waals surface area (Å²) in [5.41, 5.74) is 4.95. The fourth-order valence-corrected chi connectivity index (χ4v) is 4.68. The van der Waals surface area contributed by atoms with Gasteiger partial charge in [-0.25, -0.2) is 0 Å². The van der Waals surface area contributed by atoms with Gasteiger partial charge in [0, 0.05) is 26.2 Å². The number of nitrogens with zero attached hydrogens (tertiary/aromatic N) is 2. The molecule has 2 aromatic carbocycles. The summed E-state index contributed by atoms with van der Waals surface area (Å²) in [6.45, 7) is 10.4. The van der Waals surface area contributed by atoms with Crippen molar-refractivity contribution in [1.82, 2.24) is 9.80 Å². The first-order valence-corrected chi connectivity index (χ1v) is 11.2. The van der Waals surface area contributed by atoms with Crippen LogP contribution in [0.15, 0.2) is 45.6 Å². The van der Waals surface area contributed by atoms with Crippen molar-refractivity contribution >= 4 is 16.9 Å². The number of morpholine rings is 1. The Kier molecular flexibility index (Phi) is 5.35. The molecular formula is C26H28N2O4. The first kappa shape index (κ1) is 20.9. The molecule has 3 aromatic rings. The average Bonchev–Trinajstić information content (AvgIpc) is 3.07. The molecule has 2 aliphatic rings. The molecule has 0 unspecified atom stereocenters. The summed E-state index contributed by atoms with van der Waals surface area (Å²) < 4.78 is 11.6. The molecule has 6 heteroatoms. The molecular weight excluding hydrogens is 404 g/mol. The van der Waals surface area contributed by atoms with E-state index in [0.29, 0.717) is 36.3 Å². The van der Waals surface area contributed by atoms with Crippen molar-refractivity contribution in [1.29, 1.82) is 0 Å². The molecule has 1 saturated heterocycles. The van der Waals surface area contributed by atoms with Gasteiger partial charge in [0.25, 0.3) is 5.91 Å². The van der Waals surface area contributed by atoms with Crippen molar-refractivity contribution in [3.05, 3.63) is 80.2 Å². The Morgan fingerprint density at radius 1 is 0.938 bits per heavy atom. The Labute approximate surface area is 187 Å². The third-order valence-corrected chi connectivity index (χ3v) is 6.74. The summed E-state index contributed by atoms with van der Waals surface area (Å²) in [6, 6.07) is 11.4. The first-order chi connectivity index (χ1) is 15.4. The van der Waals surface area contributed by atoms with Crippen molar-refractivity contribution in [2.45, 2.75) is 26.8 Å². The smallest absolute Gasteiger partial charge is 0.290 e. The molecule has 0 saturated carbocycles. The van der Waals surface area contributed by atoms with Gasteiger partial charge in [-0.2, -0.15) is 0 Å². The Balaban J connectivity index is 1.62. The predicted octanol–water partition coefficient (Wildman–Crippen LogP) is 3.60. The van der Waals surface area contributed by atoms with Gasteiger partial charge in [0.1, 0.15) is 5.58 Å². The lowest BCUT2D eigenvalue weighted by atomic mass is 9.97. The molecule has 32 heavy (non-hydrogen) atoms. The van der Waals surface area contributed by atoms with E-state index in [4.69, 9.17) is 9.15 Å². The van der Waals surface area contributed by atoms with Crippen LogP contribution in [0, 0.1) is 20.8 Å². The number of carbonyl (C=O) groups is 1. The summed E-state index contributed by atoms with van der Waals surface area (Å²) in [6.07, 6.45) is 0. The summed E-state index contributed by atoms with van der Waals surface area (Å²) >= 11 is 0. The van der Waals surface area contributed by atoms with Gasteiger partial charge in [-0.15, -0.1) is 0 Å². The predicted molar refractivity (Wildman–Crippen MR) is 123 cm³/mol. The van der Waals surface area contributed by atoms with Crippen molar-refractivity contribution in [2.75, 3.05) is 39.4 Å². The number of amides is 1. The zero-order valence-corrected chi connectivity index (χ0v) is 18.8. The number of benzene rings is 2. The van der Waals surface area contributed by atoms with Crippen LogP contribution < -0.4 is 5.43 Å². The minimum atomic E-state index is -0.443. The molecule has 0 aliphatic carbocycles. The van der Waals surface area contributed by atoms with E-state index in [1.165, 1.54) is 0 Å². The van der Waals surface area contributed by atoms with Crippen LogP contribution in [0.5, 0.6) is 0 Å². The van der Waals surface area contributed by atoms with Crippen LogP contribution in [-0.2, 0) is 4.74 Å². The number of ether oxygens (including phenoxy) is 1. The monoisotopic (exact) mass is 432 g/mol. The number of fused-ring (bicyclic) bond motifs is 2. The fourth-order valence-electron chi connectivity index (χ4n) is 4.68. The van der Waals surface area contributed by atoms with E-state index in [-0.39, 0.29) is 17.1 Å². The topological polar surface area (TPSA) is 63.0 Å². The largest absolute Gasteiger partial charge is 0.450 e. The van der Waals surface area contributed by atoms with Crippen molar-refractivity contribution in [3.63, 3.8) is 0 Å². The van der Waals surface area contributed by atoms with Crippen LogP contribution in [0.3, 0.4) is 0 Å². The quantitative estimate of drug-likeness (QED) is 0.630. The third-order valence-electron chi connectivity index (χ3n) is 6.74. The highest BCUT2D eigenvalue weighted by Gasteiger charge is 2.42. The van der Waals surface area contributed by atoms with E-state index < -0.39 is 6.04 Å². The summed E-state index contributed by atoms with van der Waals surface area (Å²) in [5.74, 6) is -0.0330. The molecule has 0 bridgehead atoms. The van der Waals surface area contributed by atoms with Crippen molar-refractivity contribution in [2.24, 2.45) is 0 Å². The van der Waals surface area contributed by atoms with Crippen LogP contribution in [0.1, 0.15) is 44.4 Å². The lowest BCUT2D eigenvalue weighted by Gasteiger charge is -2.31. The van der Waals surface area contributed by atoms with E-state index in [9.17, 15) is 9.59 Å². The Hall–Kier alpha value is -2.96. The number of aryl methyl sites for hydroxylation is 3. The molecule has 1 atom stereocenters. The maximum Gasteiger partial charge on any atom is 0.290 e. The van der Waals surface area contributed by atoms with Crippen molar-refractivity contribution in [3.8, 4) is 0 Å². The Bertz CT molecular complexity index is 1240. The van der Waals surface area contributed by atoms with Crippen LogP contribution in [-0.4, -0.2) is 55.1 Å². The van der Waals surface area contributed by atoms with Crippen LogP contribution in [0.25, 0.3) is 11.0 Å². The van der Waals surface area contributed by atoms with Gasteiger partial charge in [0.2, 0.25) is 5.76 Å².